The Balaban J connectivity index is 0.00000208. The van der Waals surface area contributed by atoms with Gasteiger partial charge in [0, 0.05) is 12.1 Å². The minimum absolute atomic E-state index is 0. The second-order valence-electron chi connectivity index (χ2n) is 5.13. The Morgan fingerprint density at radius 1 is 1.17 bits per heavy atom. The summed E-state index contributed by atoms with van der Waals surface area (Å²) in [4.78, 5) is 17.0. The van der Waals surface area contributed by atoms with Crippen LogP contribution in [0.4, 0.5) is 5.95 Å². The van der Waals surface area contributed by atoms with Gasteiger partial charge in [0.25, 0.3) is 0 Å². The molecule has 0 fully saturated rings. The number of nitrogens with zero attached hydrogens (tertiary/aromatic N) is 2. The largest absolute Gasteiger partial charge is 0.508 e. The maximum atomic E-state index is 12.5. The molecule has 7 heteroatoms. The van der Waals surface area contributed by atoms with E-state index in [4.69, 9.17) is 5.11 Å². The fourth-order valence-electron chi connectivity index (χ4n) is 2.45. The lowest BCUT2D eigenvalue weighted by molar-refractivity contribution is 0.0973. The number of halogens is 1. The highest BCUT2D eigenvalue weighted by molar-refractivity contribution is 8.93. The number of hydrogen-bond donors (Lipinski definition) is 3. The van der Waals surface area contributed by atoms with Crippen LogP contribution < -0.4 is 5.32 Å². The minimum Gasteiger partial charge on any atom is -0.508 e. The molecule has 0 bridgehead atoms. The number of nitrogens with one attached hydrogen (secondary N) is 1. The Morgan fingerprint density at radius 3 is 2.71 bits per heavy atom. The lowest BCUT2D eigenvalue weighted by Crippen LogP contribution is -2.15. The molecule has 0 radical (unpaired) electrons. The molecule has 1 heterocycles. The van der Waals surface area contributed by atoms with Crippen LogP contribution in [0.25, 0.3) is 11.0 Å². The van der Waals surface area contributed by atoms with E-state index in [1.807, 2.05) is 24.3 Å². The Morgan fingerprint density at radius 2 is 1.96 bits per heavy atom. The van der Waals surface area contributed by atoms with E-state index in [-0.39, 0.29) is 41.7 Å². The van der Waals surface area contributed by atoms with Gasteiger partial charge in [0.05, 0.1) is 24.2 Å². The summed E-state index contributed by atoms with van der Waals surface area (Å²) >= 11 is 0. The summed E-state index contributed by atoms with van der Waals surface area (Å²) in [5, 5.41) is 21.5. The Hall–Kier alpha value is -2.38. The molecular weight excluding hydrogens is 374 g/mol. The zero-order valence-corrected chi connectivity index (χ0v) is 14.6. The number of imidazole rings is 1. The second-order valence-corrected chi connectivity index (χ2v) is 5.13. The molecule has 126 valence electrons. The van der Waals surface area contributed by atoms with Gasteiger partial charge >= 0.3 is 0 Å². The lowest BCUT2D eigenvalue weighted by Gasteiger charge is -2.10. The predicted molar refractivity (Wildman–Crippen MR) is 98.1 cm³/mol. The molecule has 0 aliphatic heterocycles. The number of anilines is 1. The summed E-state index contributed by atoms with van der Waals surface area (Å²) < 4.78 is 1.78. The molecule has 0 unspecified atom stereocenters. The third kappa shape index (κ3) is 3.74. The second kappa shape index (κ2) is 7.94. The standard InChI is InChI=1S/C17H17N3O3.BrH/c21-9-8-18-17-19-14-6-1-2-7-15(14)20(17)11-16(23)12-4-3-5-13(22)10-12;/h1-7,10,21-22H,8-9,11H2,(H,18,19);1H. The number of ketones is 1. The van der Waals surface area contributed by atoms with Crippen LogP contribution in [0.1, 0.15) is 10.4 Å². The summed E-state index contributed by atoms with van der Waals surface area (Å²) in [5.41, 5.74) is 2.05. The number of aliphatic hydroxyl groups excluding tert-OH is 1. The average molecular weight is 392 g/mol. The van der Waals surface area contributed by atoms with Gasteiger partial charge in [-0.3, -0.25) is 4.79 Å². The van der Waals surface area contributed by atoms with Crippen LogP contribution in [0.3, 0.4) is 0 Å². The molecular formula is C17H18BrN3O3. The number of phenols is 1. The maximum absolute atomic E-state index is 12.5. The Bertz CT molecular complexity index is 848. The highest BCUT2D eigenvalue weighted by Crippen LogP contribution is 2.21. The predicted octanol–water partition coefficient (Wildman–Crippen LogP) is 2.61. The molecule has 3 N–H and O–H groups in total. The van der Waals surface area contributed by atoms with Gasteiger partial charge in [0.15, 0.2) is 5.78 Å². The van der Waals surface area contributed by atoms with Crippen molar-refractivity contribution >= 4 is 39.7 Å². The van der Waals surface area contributed by atoms with Crippen LogP contribution in [-0.4, -0.2) is 38.7 Å². The molecule has 0 aliphatic rings. The van der Waals surface area contributed by atoms with Gasteiger partial charge in [0.1, 0.15) is 5.75 Å². The van der Waals surface area contributed by atoms with E-state index in [1.54, 1.807) is 16.7 Å². The molecule has 0 aliphatic carbocycles. The molecule has 2 aromatic carbocycles. The average Bonchev–Trinajstić information content (AvgIpc) is 2.90. The van der Waals surface area contributed by atoms with Crippen LogP contribution in [0.2, 0.25) is 0 Å². The summed E-state index contributed by atoms with van der Waals surface area (Å²) in [6.45, 7) is 0.422. The number of carbonyl (C=O) groups is 1. The molecule has 6 nitrogen and oxygen atoms in total. The highest BCUT2D eigenvalue weighted by atomic mass is 79.9. The fourth-order valence-corrected chi connectivity index (χ4v) is 2.45. The monoisotopic (exact) mass is 391 g/mol. The zero-order valence-electron chi connectivity index (χ0n) is 12.8. The number of Topliss-reactive ketones (excluding diaryl/α,β-unsaturated/α-hetero) is 1. The van der Waals surface area contributed by atoms with Gasteiger partial charge in [-0.2, -0.15) is 0 Å². The number of rotatable bonds is 6. The van der Waals surface area contributed by atoms with Crippen molar-refractivity contribution in [2.45, 2.75) is 6.54 Å². The first-order valence-corrected chi connectivity index (χ1v) is 7.31. The molecule has 0 spiro atoms. The van der Waals surface area contributed by atoms with Crippen molar-refractivity contribution < 1.29 is 15.0 Å². The van der Waals surface area contributed by atoms with Crippen LogP contribution in [0.5, 0.6) is 5.75 Å². The summed E-state index contributed by atoms with van der Waals surface area (Å²) in [6.07, 6.45) is 0. The molecule has 0 saturated carbocycles. The minimum atomic E-state index is -0.129. The number of aliphatic hydroxyl groups is 1. The number of hydrogen-bond acceptors (Lipinski definition) is 5. The Labute approximate surface area is 149 Å². The number of para-hydroxylation sites is 2. The van der Waals surface area contributed by atoms with Crippen molar-refractivity contribution in [3.63, 3.8) is 0 Å². The van der Waals surface area contributed by atoms with E-state index >= 15 is 0 Å². The molecule has 3 rings (SSSR count). The maximum Gasteiger partial charge on any atom is 0.204 e. The smallest absolute Gasteiger partial charge is 0.204 e. The molecule has 0 atom stereocenters. The molecule has 0 saturated heterocycles. The van der Waals surface area contributed by atoms with Gasteiger partial charge in [-0.25, -0.2) is 4.98 Å². The van der Waals surface area contributed by atoms with Gasteiger partial charge in [-0.1, -0.05) is 24.3 Å². The van der Waals surface area contributed by atoms with Crippen LogP contribution in [0.15, 0.2) is 48.5 Å². The molecule has 3 aromatic rings. The summed E-state index contributed by atoms with van der Waals surface area (Å²) in [5.74, 6) is 0.467. The van der Waals surface area contributed by atoms with Crippen molar-refractivity contribution in [3.8, 4) is 5.75 Å². The number of benzene rings is 2. The Kier molecular flexibility index (Phi) is 5.94. The fraction of sp³-hybridized carbons (Fsp3) is 0.176. The number of fused-ring (bicyclic) bond motifs is 1. The first-order chi connectivity index (χ1) is 11.2. The highest BCUT2D eigenvalue weighted by Gasteiger charge is 2.14. The topological polar surface area (TPSA) is 87.4 Å². The third-order valence-electron chi connectivity index (χ3n) is 3.52. The number of carbonyl (C=O) groups excluding carboxylic acids is 1. The molecule has 1 aromatic heterocycles. The van der Waals surface area contributed by atoms with Gasteiger partial charge in [0.2, 0.25) is 5.95 Å². The molecule has 0 amide bonds. The van der Waals surface area contributed by atoms with Crippen molar-refractivity contribution in [1.82, 2.24) is 9.55 Å². The van der Waals surface area contributed by atoms with E-state index in [1.165, 1.54) is 12.1 Å². The van der Waals surface area contributed by atoms with Gasteiger partial charge < -0.3 is 20.1 Å². The number of aromatic hydroxyl groups is 1. The summed E-state index contributed by atoms with van der Waals surface area (Å²) in [6, 6.07) is 13.8. The summed E-state index contributed by atoms with van der Waals surface area (Å²) in [7, 11) is 0. The van der Waals surface area contributed by atoms with Crippen molar-refractivity contribution in [1.29, 1.82) is 0 Å². The van der Waals surface area contributed by atoms with E-state index in [2.05, 4.69) is 10.3 Å². The van der Waals surface area contributed by atoms with E-state index < -0.39 is 0 Å². The van der Waals surface area contributed by atoms with Gasteiger partial charge in [-0.05, 0) is 24.3 Å². The normalized spacial score (nSPS) is 10.4. The lowest BCUT2D eigenvalue weighted by atomic mass is 10.1. The van der Waals surface area contributed by atoms with Gasteiger partial charge in [-0.15, -0.1) is 17.0 Å². The van der Waals surface area contributed by atoms with Crippen LogP contribution in [-0.2, 0) is 6.54 Å². The van der Waals surface area contributed by atoms with Crippen molar-refractivity contribution in [2.75, 3.05) is 18.5 Å². The first kappa shape index (κ1) is 18.0. The van der Waals surface area contributed by atoms with Crippen molar-refractivity contribution in [2.24, 2.45) is 0 Å². The SMILES string of the molecule is Br.O=C(Cn1c(NCCO)nc2ccccc21)c1cccc(O)c1. The third-order valence-corrected chi connectivity index (χ3v) is 3.52. The zero-order chi connectivity index (χ0) is 16.2. The number of phenolic OH excluding ortho intramolecular Hbond substituents is 1. The van der Waals surface area contributed by atoms with Crippen LogP contribution in [0, 0.1) is 0 Å². The number of aromatic nitrogens is 2. The van der Waals surface area contributed by atoms with E-state index in [9.17, 15) is 9.90 Å². The van der Waals surface area contributed by atoms with E-state index in [0.29, 0.717) is 18.1 Å². The molecule has 24 heavy (non-hydrogen) atoms. The van der Waals surface area contributed by atoms with E-state index in [0.717, 1.165) is 11.0 Å². The van der Waals surface area contributed by atoms with Crippen molar-refractivity contribution in [3.05, 3.63) is 54.1 Å². The first-order valence-electron chi connectivity index (χ1n) is 7.31. The van der Waals surface area contributed by atoms with Crippen LogP contribution >= 0.6 is 17.0 Å². The quantitative estimate of drug-likeness (QED) is 0.562.